The molecule has 0 aliphatic rings. The Labute approximate surface area is 118 Å². The van der Waals surface area contributed by atoms with Crippen LogP contribution in [0.4, 0.5) is 9.80 Å². The van der Waals surface area contributed by atoms with E-state index in [4.69, 9.17) is 0 Å². The van der Waals surface area contributed by atoms with Crippen molar-refractivity contribution in [1.82, 2.24) is 5.32 Å². The highest BCUT2D eigenvalue weighted by Gasteiger charge is 2.02. The van der Waals surface area contributed by atoms with E-state index < -0.39 is 0 Å². The van der Waals surface area contributed by atoms with Gasteiger partial charge in [-0.1, -0.05) is 34.1 Å². The average Bonchev–Trinajstić information content (AvgIpc) is 2.84. The smallest absolute Gasteiger partial charge is 0.319 e. The maximum Gasteiger partial charge on any atom is 0.319 e. The van der Waals surface area contributed by atoms with Crippen molar-refractivity contribution in [3.05, 3.63) is 51.8 Å². The predicted octanol–water partition coefficient (Wildman–Crippen LogP) is 3.87. The summed E-state index contributed by atoms with van der Waals surface area (Å²) in [6, 6.07) is 11.6. The molecule has 0 saturated carbocycles. The molecule has 94 valence electrons. The van der Waals surface area contributed by atoms with Crippen LogP contribution in [0.25, 0.3) is 0 Å². The second-order valence-corrected chi connectivity index (χ2v) is 5.50. The standard InChI is InChI=1S/C13H13BrN2OS/c14-11-5-2-1-4-10(11)7-8-15-13(17)16-12-6-3-9-18-12/h1-6,9H,7-8H2,(H2,15,16,17). The van der Waals surface area contributed by atoms with Crippen LogP contribution in [0.1, 0.15) is 5.56 Å². The summed E-state index contributed by atoms with van der Waals surface area (Å²) >= 11 is 4.99. The third-order valence-electron chi connectivity index (χ3n) is 2.40. The maximum atomic E-state index is 11.6. The summed E-state index contributed by atoms with van der Waals surface area (Å²) in [4.78, 5) is 11.6. The molecule has 0 radical (unpaired) electrons. The Balaban J connectivity index is 1.75. The topological polar surface area (TPSA) is 41.1 Å². The summed E-state index contributed by atoms with van der Waals surface area (Å²) in [5.74, 6) is 0. The molecule has 0 atom stereocenters. The van der Waals surface area contributed by atoms with Gasteiger partial charge in [0, 0.05) is 11.0 Å². The molecule has 2 amide bonds. The molecule has 0 unspecified atom stereocenters. The van der Waals surface area contributed by atoms with Crippen molar-refractivity contribution in [2.45, 2.75) is 6.42 Å². The Bertz CT molecular complexity index is 513. The van der Waals surface area contributed by atoms with E-state index in [0.717, 1.165) is 15.9 Å². The molecule has 0 aliphatic heterocycles. The number of benzene rings is 1. The lowest BCUT2D eigenvalue weighted by Crippen LogP contribution is -2.30. The quantitative estimate of drug-likeness (QED) is 0.880. The summed E-state index contributed by atoms with van der Waals surface area (Å²) in [5, 5.41) is 8.39. The van der Waals surface area contributed by atoms with Crippen molar-refractivity contribution < 1.29 is 4.79 Å². The van der Waals surface area contributed by atoms with Gasteiger partial charge in [0.05, 0.1) is 5.00 Å². The Kier molecular flexibility index (Phi) is 4.78. The number of hydrogen-bond acceptors (Lipinski definition) is 2. The molecule has 2 aromatic rings. The van der Waals surface area contributed by atoms with Gasteiger partial charge in [-0.05, 0) is 35.6 Å². The van der Waals surface area contributed by atoms with Crippen molar-refractivity contribution in [3.63, 3.8) is 0 Å². The normalized spacial score (nSPS) is 10.1. The van der Waals surface area contributed by atoms with Crippen LogP contribution < -0.4 is 10.6 Å². The summed E-state index contributed by atoms with van der Waals surface area (Å²) < 4.78 is 1.07. The number of nitrogens with one attached hydrogen (secondary N) is 2. The third-order valence-corrected chi connectivity index (χ3v) is 3.95. The van der Waals surface area contributed by atoms with Gasteiger partial charge in [0.1, 0.15) is 0 Å². The van der Waals surface area contributed by atoms with E-state index in [1.165, 1.54) is 16.9 Å². The van der Waals surface area contributed by atoms with Crippen LogP contribution in [0.3, 0.4) is 0 Å². The van der Waals surface area contributed by atoms with Crippen LogP contribution in [0, 0.1) is 0 Å². The fourth-order valence-electron chi connectivity index (χ4n) is 1.52. The SMILES string of the molecule is O=C(NCCc1ccccc1Br)Nc1cccs1. The van der Waals surface area contributed by atoms with Crippen LogP contribution in [0.5, 0.6) is 0 Å². The van der Waals surface area contributed by atoms with E-state index >= 15 is 0 Å². The van der Waals surface area contributed by atoms with E-state index in [0.29, 0.717) is 6.54 Å². The molecular formula is C13H13BrN2OS. The van der Waals surface area contributed by atoms with E-state index in [9.17, 15) is 4.79 Å². The number of rotatable bonds is 4. The first-order valence-electron chi connectivity index (χ1n) is 5.57. The van der Waals surface area contributed by atoms with Gasteiger partial charge in [0.15, 0.2) is 0 Å². The second-order valence-electron chi connectivity index (χ2n) is 3.70. The van der Waals surface area contributed by atoms with Gasteiger partial charge < -0.3 is 5.32 Å². The predicted molar refractivity (Wildman–Crippen MR) is 79.2 cm³/mol. The van der Waals surface area contributed by atoms with Crippen molar-refractivity contribution in [2.75, 3.05) is 11.9 Å². The van der Waals surface area contributed by atoms with Crippen molar-refractivity contribution in [3.8, 4) is 0 Å². The molecular weight excluding hydrogens is 312 g/mol. The summed E-state index contributed by atoms with van der Waals surface area (Å²) in [6.07, 6.45) is 0.805. The fourth-order valence-corrected chi connectivity index (χ4v) is 2.61. The summed E-state index contributed by atoms with van der Waals surface area (Å²) in [5.41, 5.74) is 1.19. The Morgan fingerprint density at radius 2 is 2.06 bits per heavy atom. The van der Waals surface area contributed by atoms with Gasteiger partial charge in [-0.25, -0.2) is 4.79 Å². The Hall–Kier alpha value is -1.33. The molecule has 1 aromatic heterocycles. The highest BCUT2D eigenvalue weighted by Crippen LogP contribution is 2.16. The number of carbonyl (C=O) groups is 1. The van der Waals surface area contributed by atoms with Crippen molar-refractivity contribution in [2.24, 2.45) is 0 Å². The molecule has 18 heavy (non-hydrogen) atoms. The molecule has 3 nitrogen and oxygen atoms in total. The van der Waals surface area contributed by atoms with Gasteiger partial charge in [0.2, 0.25) is 0 Å². The number of carbonyl (C=O) groups excluding carboxylic acids is 1. The molecule has 2 rings (SSSR count). The largest absolute Gasteiger partial charge is 0.338 e. The second kappa shape index (κ2) is 6.56. The average molecular weight is 325 g/mol. The van der Waals surface area contributed by atoms with Gasteiger partial charge in [-0.2, -0.15) is 0 Å². The molecule has 0 aliphatic carbocycles. The first-order valence-corrected chi connectivity index (χ1v) is 7.25. The molecule has 2 N–H and O–H groups in total. The van der Waals surface area contributed by atoms with Gasteiger partial charge in [-0.15, -0.1) is 11.3 Å². The zero-order valence-electron chi connectivity index (χ0n) is 9.65. The fraction of sp³-hybridized carbons (Fsp3) is 0.154. The van der Waals surface area contributed by atoms with Crippen LogP contribution >= 0.6 is 27.3 Å². The zero-order chi connectivity index (χ0) is 12.8. The number of hydrogen-bond donors (Lipinski definition) is 2. The summed E-state index contributed by atoms with van der Waals surface area (Å²) in [6.45, 7) is 0.611. The summed E-state index contributed by atoms with van der Waals surface area (Å²) in [7, 11) is 0. The zero-order valence-corrected chi connectivity index (χ0v) is 12.1. The lowest BCUT2D eigenvalue weighted by Gasteiger charge is -2.07. The lowest BCUT2D eigenvalue weighted by atomic mass is 10.1. The molecule has 0 bridgehead atoms. The van der Waals surface area contributed by atoms with Gasteiger partial charge in [0.25, 0.3) is 0 Å². The van der Waals surface area contributed by atoms with Crippen LogP contribution in [-0.2, 0) is 6.42 Å². The first kappa shape index (κ1) is 13.1. The van der Waals surface area contributed by atoms with E-state index in [1.807, 2.05) is 41.8 Å². The number of halogens is 1. The van der Waals surface area contributed by atoms with Crippen molar-refractivity contribution in [1.29, 1.82) is 0 Å². The number of amides is 2. The van der Waals surface area contributed by atoms with E-state index in [1.54, 1.807) is 0 Å². The minimum atomic E-state index is -0.162. The third kappa shape index (κ3) is 3.85. The number of urea groups is 1. The lowest BCUT2D eigenvalue weighted by molar-refractivity contribution is 0.252. The van der Waals surface area contributed by atoms with E-state index in [2.05, 4.69) is 26.6 Å². The molecule has 0 spiro atoms. The Morgan fingerprint density at radius 1 is 1.22 bits per heavy atom. The monoisotopic (exact) mass is 324 g/mol. The molecule has 0 fully saturated rings. The van der Waals surface area contributed by atoms with Crippen LogP contribution in [0.15, 0.2) is 46.3 Å². The van der Waals surface area contributed by atoms with Gasteiger partial charge in [-0.3, -0.25) is 5.32 Å². The first-order chi connectivity index (χ1) is 8.75. The Morgan fingerprint density at radius 3 is 2.78 bits per heavy atom. The minimum Gasteiger partial charge on any atom is -0.338 e. The molecule has 1 heterocycles. The van der Waals surface area contributed by atoms with Crippen LogP contribution in [-0.4, -0.2) is 12.6 Å². The van der Waals surface area contributed by atoms with E-state index in [-0.39, 0.29) is 6.03 Å². The van der Waals surface area contributed by atoms with Crippen molar-refractivity contribution >= 4 is 38.3 Å². The number of anilines is 1. The molecule has 1 aromatic carbocycles. The van der Waals surface area contributed by atoms with Gasteiger partial charge >= 0.3 is 6.03 Å². The van der Waals surface area contributed by atoms with Crippen LogP contribution in [0.2, 0.25) is 0 Å². The minimum absolute atomic E-state index is 0.162. The maximum absolute atomic E-state index is 11.6. The molecule has 0 saturated heterocycles. The molecule has 5 heteroatoms. The highest BCUT2D eigenvalue weighted by atomic mass is 79.9. The number of thiophene rings is 1. The highest BCUT2D eigenvalue weighted by molar-refractivity contribution is 9.10.